The molecule has 0 N–H and O–H groups in total. The Kier molecular flexibility index (Phi) is 3.86. The molecule has 0 bridgehead atoms. The van der Waals surface area contributed by atoms with Crippen LogP contribution >= 0.6 is 11.8 Å². The molecule has 1 unspecified atom stereocenters. The quantitative estimate of drug-likeness (QED) is 0.690. The Bertz CT molecular complexity index is 267. The van der Waals surface area contributed by atoms with Crippen molar-refractivity contribution in [3.05, 3.63) is 10.5 Å². The van der Waals surface area contributed by atoms with Gasteiger partial charge in [0.15, 0.2) is 0 Å². The maximum absolute atomic E-state index is 8.74. The first-order valence-corrected chi connectivity index (χ1v) is 5.39. The van der Waals surface area contributed by atoms with Crippen LogP contribution in [0.1, 0.15) is 32.6 Å². The van der Waals surface area contributed by atoms with E-state index in [0.29, 0.717) is 15.7 Å². The summed E-state index contributed by atoms with van der Waals surface area (Å²) in [4.78, 5) is 0.642. The lowest BCUT2D eigenvalue weighted by atomic mass is 10.1. The molecular formula is C10H12N2S. The number of thioether (sulfide) groups is 1. The fourth-order valence-electron chi connectivity index (χ4n) is 1.38. The standard InChI is InChI=1S/C10H12N2S/c1-2-3-4-9-5-8(6-11)10(7-12)13-9/h9H,2-5H2,1H3. The minimum absolute atomic E-state index is 0.476. The predicted molar refractivity (Wildman–Crippen MR) is 53.8 cm³/mol. The summed E-state index contributed by atoms with van der Waals surface area (Å²) in [6.07, 6.45) is 4.29. The van der Waals surface area contributed by atoms with Crippen LogP contribution in [-0.2, 0) is 0 Å². The van der Waals surface area contributed by atoms with E-state index >= 15 is 0 Å². The third-order valence-corrected chi connectivity index (χ3v) is 3.42. The van der Waals surface area contributed by atoms with Crippen LogP contribution in [0.3, 0.4) is 0 Å². The second-order valence-corrected chi connectivity index (χ2v) is 4.43. The van der Waals surface area contributed by atoms with E-state index in [1.807, 2.05) is 0 Å². The molecule has 1 rings (SSSR count). The summed E-state index contributed by atoms with van der Waals surface area (Å²) >= 11 is 1.58. The van der Waals surface area contributed by atoms with Crippen molar-refractivity contribution in [3.8, 4) is 12.1 Å². The molecule has 1 heterocycles. The first-order valence-electron chi connectivity index (χ1n) is 4.51. The van der Waals surface area contributed by atoms with Gasteiger partial charge in [0, 0.05) is 5.25 Å². The average molecular weight is 192 g/mol. The molecule has 0 aromatic carbocycles. The summed E-state index contributed by atoms with van der Waals surface area (Å²) in [6, 6.07) is 4.20. The fraction of sp³-hybridized carbons (Fsp3) is 0.600. The van der Waals surface area contributed by atoms with Gasteiger partial charge in [0.05, 0.1) is 16.5 Å². The van der Waals surface area contributed by atoms with Crippen LogP contribution in [0, 0.1) is 22.7 Å². The van der Waals surface area contributed by atoms with Gasteiger partial charge >= 0.3 is 0 Å². The lowest BCUT2D eigenvalue weighted by molar-refractivity contribution is 0.688. The first kappa shape index (κ1) is 10.2. The SMILES string of the molecule is CCCCC1CC(C#N)=C(C#N)S1. The third-order valence-electron chi connectivity index (χ3n) is 2.11. The topological polar surface area (TPSA) is 47.6 Å². The van der Waals surface area contributed by atoms with Crippen molar-refractivity contribution >= 4 is 11.8 Å². The van der Waals surface area contributed by atoms with Gasteiger partial charge in [0.2, 0.25) is 0 Å². The van der Waals surface area contributed by atoms with E-state index in [-0.39, 0.29) is 0 Å². The lowest BCUT2D eigenvalue weighted by Crippen LogP contribution is -1.97. The minimum atomic E-state index is 0.476. The molecule has 1 aliphatic heterocycles. The van der Waals surface area contributed by atoms with Crippen LogP contribution in [0.15, 0.2) is 10.5 Å². The molecule has 1 atom stereocenters. The second kappa shape index (κ2) is 4.94. The van der Waals surface area contributed by atoms with Gasteiger partial charge in [-0.25, -0.2) is 0 Å². The number of nitrogens with zero attached hydrogens (tertiary/aromatic N) is 2. The Morgan fingerprint density at radius 1 is 1.46 bits per heavy atom. The van der Waals surface area contributed by atoms with Gasteiger partial charge in [0.25, 0.3) is 0 Å². The van der Waals surface area contributed by atoms with Gasteiger partial charge in [-0.15, -0.1) is 11.8 Å². The highest BCUT2D eigenvalue weighted by atomic mass is 32.2. The van der Waals surface area contributed by atoms with Crippen molar-refractivity contribution in [2.75, 3.05) is 0 Å². The molecule has 0 radical (unpaired) electrons. The van der Waals surface area contributed by atoms with Gasteiger partial charge in [0.1, 0.15) is 6.07 Å². The van der Waals surface area contributed by atoms with Crippen molar-refractivity contribution in [3.63, 3.8) is 0 Å². The molecule has 68 valence electrons. The van der Waals surface area contributed by atoms with Gasteiger partial charge in [-0.3, -0.25) is 0 Å². The predicted octanol–water partition coefficient (Wildman–Crippen LogP) is 2.98. The summed E-state index contributed by atoms with van der Waals surface area (Å²) in [5, 5.41) is 17.9. The number of unbranched alkanes of at least 4 members (excludes halogenated alkanes) is 1. The molecular weight excluding hydrogens is 180 g/mol. The Balaban J connectivity index is 2.50. The largest absolute Gasteiger partial charge is 0.193 e. The monoisotopic (exact) mass is 192 g/mol. The average Bonchev–Trinajstić information content (AvgIpc) is 2.57. The van der Waals surface area contributed by atoms with E-state index in [9.17, 15) is 0 Å². The minimum Gasteiger partial charge on any atom is -0.193 e. The van der Waals surface area contributed by atoms with Crippen LogP contribution in [0.5, 0.6) is 0 Å². The Labute approximate surface area is 83.2 Å². The van der Waals surface area contributed by atoms with Crippen LogP contribution in [0.25, 0.3) is 0 Å². The molecule has 0 aromatic heterocycles. The zero-order valence-electron chi connectivity index (χ0n) is 7.71. The molecule has 0 saturated carbocycles. The van der Waals surface area contributed by atoms with Gasteiger partial charge in [-0.1, -0.05) is 19.8 Å². The molecule has 0 spiro atoms. The van der Waals surface area contributed by atoms with Crippen molar-refractivity contribution in [1.82, 2.24) is 0 Å². The van der Waals surface area contributed by atoms with E-state index in [1.165, 1.54) is 12.8 Å². The zero-order chi connectivity index (χ0) is 9.68. The van der Waals surface area contributed by atoms with Gasteiger partial charge in [-0.05, 0) is 12.8 Å². The van der Waals surface area contributed by atoms with E-state index in [4.69, 9.17) is 10.5 Å². The van der Waals surface area contributed by atoms with E-state index in [0.717, 1.165) is 12.8 Å². The normalized spacial score (nSPS) is 21.3. The van der Waals surface area contributed by atoms with Gasteiger partial charge in [-0.2, -0.15) is 10.5 Å². The maximum Gasteiger partial charge on any atom is 0.107 e. The van der Waals surface area contributed by atoms with Crippen molar-refractivity contribution in [1.29, 1.82) is 10.5 Å². The number of hydrogen-bond donors (Lipinski definition) is 0. The molecule has 1 aliphatic rings. The van der Waals surface area contributed by atoms with Crippen LogP contribution in [0.4, 0.5) is 0 Å². The highest BCUT2D eigenvalue weighted by Crippen LogP contribution is 2.39. The van der Waals surface area contributed by atoms with Crippen LogP contribution in [0.2, 0.25) is 0 Å². The Morgan fingerprint density at radius 2 is 2.23 bits per heavy atom. The summed E-state index contributed by atoms with van der Waals surface area (Å²) in [7, 11) is 0. The highest BCUT2D eigenvalue weighted by Gasteiger charge is 2.24. The molecule has 0 saturated heterocycles. The van der Waals surface area contributed by atoms with Crippen molar-refractivity contribution < 1.29 is 0 Å². The summed E-state index contributed by atoms with van der Waals surface area (Å²) < 4.78 is 0. The summed E-state index contributed by atoms with van der Waals surface area (Å²) in [5.41, 5.74) is 0.689. The van der Waals surface area contributed by atoms with Crippen LogP contribution in [-0.4, -0.2) is 5.25 Å². The number of rotatable bonds is 3. The highest BCUT2D eigenvalue weighted by molar-refractivity contribution is 8.04. The molecule has 3 heteroatoms. The summed E-state index contributed by atoms with van der Waals surface area (Å²) in [5.74, 6) is 0. The lowest BCUT2D eigenvalue weighted by Gasteiger charge is -2.05. The molecule has 0 amide bonds. The van der Waals surface area contributed by atoms with Gasteiger partial charge < -0.3 is 0 Å². The number of allylic oxidation sites excluding steroid dienone is 2. The first-order chi connectivity index (χ1) is 6.31. The number of nitriles is 2. The smallest absolute Gasteiger partial charge is 0.107 e. The Hall–Kier alpha value is -0.930. The second-order valence-electron chi connectivity index (χ2n) is 3.12. The van der Waals surface area contributed by atoms with Crippen LogP contribution < -0.4 is 0 Å². The molecule has 0 aliphatic carbocycles. The molecule has 0 aromatic rings. The number of hydrogen-bond acceptors (Lipinski definition) is 3. The van der Waals surface area contributed by atoms with E-state index in [2.05, 4.69) is 19.1 Å². The third kappa shape index (κ3) is 2.50. The molecule has 2 nitrogen and oxygen atoms in total. The van der Waals surface area contributed by atoms with Crippen molar-refractivity contribution in [2.45, 2.75) is 37.9 Å². The molecule has 0 fully saturated rings. The van der Waals surface area contributed by atoms with E-state index in [1.54, 1.807) is 11.8 Å². The van der Waals surface area contributed by atoms with Crippen molar-refractivity contribution in [2.24, 2.45) is 0 Å². The summed E-state index contributed by atoms with van der Waals surface area (Å²) in [6.45, 7) is 2.16. The van der Waals surface area contributed by atoms with E-state index < -0.39 is 0 Å². The fourth-order valence-corrected chi connectivity index (χ4v) is 2.57. The Morgan fingerprint density at radius 3 is 2.69 bits per heavy atom. The zero-order valence-corrected chi connectivity index (χ0v) is 8.52. The maximum atomic E-state index is 8.74. The molecule has 13 heavy (non-hydrogen) atoms.